The summed E-state index contributed by atoms with van der Waals surface area (Å²) < 4.78 is 28.4. The number of halogens is 3. The molecule has 0 bridgehead atoms. The minimum Gasteiger partial charge on any atom is -0.321 e. The molecule has 1 amide bonds. The van der Waals surface area contributed by atoms with E-state index in [1.54, 1.807) is 24.3 Å². The quantitative estimate of drug-likeness (QED) is 0.942. The maximum Gasteiger partial charge on any atom is 0.283 e. The zero-order valence-electron chi connectivity index (χ0n) is 8.73. The molecule has 1 N–H and O–H groups in total. The van der Waals surface area contributed by atoms with E-state index in [9.17, 15) is 13.6 Å². The number of nitrogens with zero attached hydrogens (tertiary/aromatic N) is 2. The molecule has 0 aliphatic heterocycles. The number of amides is 1. The van der Waals surface area contributed by atoms with Crippen molar-refractivity contribution in [3.8, 4) is 0 Å². The molecule has 94 valence electrons. The Morgan fingerprint density at radius 2 is 2.00 bits per heavy atom. The third-order valence-electron chi connectivity index (χ3n) is 2.03. The molecule has 1 aromatic heterocycles. The van der Waals surface area contributed by atoms with E-state index in [1.807, 2.05) is 0 Å². The van der Waals surface area contributed by atoms with Gasteiger partial charge in [-0.3, -0.25) is 4.79 Å². The van der Waals surface area contributed by atoms with E-state index in [0.29, 0.717) is 22.2 Å². The van der Waals surface area contributed by atoms with Crippen molar-refractivity contribution in [3.63, 3.8) is 0 Å². The van der Waals surface area contributed by atoms with Gasteiger partial charge in [-0.05, 0) is 35.8 Å². The summed E-state index contributed by atoms with van der Waals surface area (Å²) in [4.78, 5) is 11.5. The first-order valence-electron chi connectivity index (χ1n) is 4.75. The van der Waals surface area contributed by atoms with Crippen LogP contribution in [-0.2, 0) is 0 Å². The van der Waals surface area contributed by atoms with Crippen molar-refractivity contribution in [2.75, 3.05) is 5.32 Å². The highest BCUT2D eigenvalue weighted by molar-refractivity contribution is 7.08. The fraction of sp³-hybridized carbons (Fsp3) is 0.100. The van der Waals surface area contributed by atoms with E-state index in [1.165, 1.54) is 0 Å². The summed E-state index contributed by atoms with van der Waals surface area (Å²) in [5, 5.41) is 6.21. The van der Waals surface area contributed by atoms with Crippen LogP contribution < -0.4 is 5.32 Å². The molecule has 0 saturated heterocycles. The average molecular weight is 290 g/mol. The highest BCUT2D eigenvalue weighted by atomic mass is 35.5. The highest BCUT2D eigenvalue weighted by Gasteiger charge is 2.23. The topological polar surface area (TPSA) is 54.9 Å². The van der Waals surface area contributed by atoms with Crippen molar-refractivity contribution in [1.82, 2.24) is 9.59 Å². The maximum absolute atomic E-state index is 12.5. The van der Waals surface area contributed by atoms with Crippen molar-refractivity contribution in [1.29, 1.82) is 0 Å². The Morgan fingerprint density at radius 1 is 1.33 bits per heavy atom. The van der Waals surface area contributed by atoms with E-state index < -0.39 is 18.0 Å². The molecule has 2 aromatic rings. The molecule has 18 heavy (non-hydrogen) atoms. The lowest BCUT2D eigenvalue weighted by Crippen LogP contribution is -2.12. The van der Waals surface area contributed by atoms with Crippen molar-refractivity contribution in [2.24, 2.45) is 0 Å². The van der Waals surface area contributed by atoms with Crippen molar-refractivity contribution >= 4 is 34.7 Å². The number of hydrogen-bond donors (Lipinski definition) is 1. The molecule has 4 nitrogen and oxygen atoms in total. The Kier molecular flexibility index (Phi) is 3.83. The van der Waals surface area contributed by atoms with Gasteiger partial charge in [0, 0.05) is 10.7 Å². The summed E-state index contributed by atoms with van der Waals surface area (Å²) in [6.45, 7) is 0. The fourth-order valence-electron chi connectivity index (χ4n) is 1.22. The predicted molar refractivity (Wildman–Crippen MR) is 64.3 cm³/mol. The predicted octanol–water partition coefficient (Wildman–Crippen LogP) is 3.38. The molecule has 0 unspecified atom stereocenters. The molecule has 1 aromatic carbocycles. The Balaban J connectivity index is 2.17. The summed E-state index contributed by atoms with van der Waals surface area (Å²) in [7, 11) is 0. The Labute approximate surface area is 110 Å². The molecule has 8 heteroatoms. The van der Waals surface area contributed by atoms with Gasteiger partial charge in [0.05, 0.1) is 0 Å². The van der Waals surface area contributed by atoms with Crippen LogP contribution in [0.1, 0.15) is 21.8 Å². The van der Waals surface area contributed by atoms with E-state index in [0.717, 1.165) is 0 Å². The summed E-state index contributed by atoms with van der Waals surface area (Å²) in [6.07, 6.45) is -2.82. The number of nitrogens with one attached hydrogen (secondary N) is 1. The normalized spacial score (nSPS) is 10.7. The molecular formula is C10H6ClF2N3OS. The van der Waals surface area contributed by atoms with Crippen LogP contribution in [-0.4, -0.2) is 15.5 Å². The lowest BCUT2D eigenvalue weighted by atomic mass is 10.3. The van der Waals surface area contributed by atoms with Gasteiger partial charge in [-0.1, -0.05) is 16.1 Å². The first-order chi connectivity index (χ1) is 8.58. The van der Waals surface area contributed by atoms with Gasteiger partial charge in [0.15, 0.2) is 5.69 Å². The first kappa shape index (κ1) is 12.8. The highest BCUT2D eigenvalue weighted by Crippen LogP contribution is 2.24. The smallest absolute Gasteiger partial charge is 0.283 e. The summed E-state index contributed by atoms with van der Waals surface area (Å²) >= 11 is 6.31. The number of anilines is 1. The van der Waals surface area contributed by atoms with E-state index >= 15 is 0 Å². The van der Waals surface area contributed by atoms with Crippen LogP contribution in [0.3, 0.4) is 0 Å². The lowest BCUT2D eigenvalue weighted by Gasteiger charge is -2.04. The van der Waals surface area contributed by atoms with Gasteiger partial charge in [-0.2, -0.15) is 0 Å². The standard InChI is InChI=1S/C10H6ClF2N3OS/c11-5-1-3-6(4-2-5)14-10(17)8-7(9(12)13)15-16-18-8/h1-4,9H,(H,14,17). The second-order valence-corrected chi connectivity index (χ2v) is 4.44. The Hall–Kier alpha value is -1.60. The van der Waals surface area contributed by atoms with E-state index in [-0.39, 0.29) is 4.88 Å². The molecule has 0 spiro atoms. The van der Waals surface area contributed by atoms with Crippen LogP contribution in [0.5, 0.6) is 0 Å². The number of benzene rings is 1. The minimum absolute atomic E-state index is 0.194. The Morgan fingerprint density at radius 3 is 2.61 bits per heavy atom. The van der Waals surface area contributed by atoms with Crippen molar-refractivity contribution in [3.05, 3.63) is 39.9 Å². The van der Waals surface area contributed by atoms with Crippen molar-refractivity contribution in [2.45, 2.75) is 6.43 Å². The Bertz CT molecular complexity index is 559. The van der Waals surface area contributed by atoms with Crippen LogP contribution in [0.4, 0.5) is 14.5 Å². The monoisotopic (exact) mass is 289 g/mol. The number of carbonyl (C=O) groups is 1. The first-order valence-corrected chi connectivity index (χ1v) is 5.90. The third kappa shape index (κ3) is 2.80. The van der Waals surface area contributed by atoms with Gasteiger partial charge in [-0.25, -0.2) is 8.78 Å². The van der Waals surface area contributed by atoms with Crippen LogP contribution >= 0.6 is 23.1 Å². The summed E-state index contributed by atoms with van der Waals surface area (Å²) in [5.41, 5.74) is -0.149. The van der Waals surface area contributed by atoms with Gasteiger partial charge in [0.25, 0.3) is 12.3 Å². The largest absolute Gasteiger partial charge is 0.321 e. The van der Waals surface area contributed by atoms with Crippen LogP contribution in [0.15, 0.2) is 24.3 Å². The van der Waals surface area contributed by atoms with Crippen LogP contribution in [0, 0.1) is 0 Å². The lowest BCUT2D eigenvalue weighted by molar-refractivity contribution is 0.101. The number of hydrogen-bond acceptors (Lipinski definition) is 4. The average Bonchev–Trinajstić information content (AvgIpc) is 2.81. The molecule has 0 aliphatic rings. The minimum atomic E-state index is -2.82. The van der Waals surface area contributed by atoms with Gasteiger partial charge in [0.1, 0.15) is 4.88 Å². The number of alkyl halides is 2. The van der Waals surface area contributed by atoms with E-state index in [4.69, 9.17) is 11.6 Å². The molecule has 0 atom stereocenters. The fourth-order valence-corrected chi connectivity index (χ4v) is 1.91. The zero-order valence-corrected chi connectivity index (χ0v) is 10.3. The second kappa shape index (κ2) is 5.36. The molecular weight excluding hydrogens is 284 g/mol. The second-order valence-electron chi connectivity index (χ2n) is 3.25. The number of aromatic nitrogens is 2. The van der Waals surface area contributed by atoms with Crippen molar-refractivity contribution < 1.29 is 13.6 Å². The van der Waals surface area contributed by atoms with Gasteiger partial charge in [0.2, 0.25) is 0 Å². The molecule has 0 saturated carbocycles. The maximum atomic E-state index is 12.5. The van der Waals surface area contributed by atoms with Crippen LogP contribution in [0.2, 0.25) is 5.02 Å². The molecule has 2 rings (SSSR count). The zero-order chi connectivity index (χ0) is 13.1. The molecule has 0 fully saturated rings. The molecule has 0 radical (unpaired) electrons. The van der Waals surface area contributed by atoms with Crippen LogP contribution in [0.25, 0.3) is 0 Å². The third-order valence-corrected chi connectivity index (χ3v) is 3.02. The summed E-state index contributed by atoms with van der Waals surface area (Å²) in [6, 6.07) is 6.29. The number of rotatable bonds is 3. The SMILES string of the molecule is O=C(Nc1ccc(Cl)cc1)c1snnc1C(F)F. The van der Waals surface area contributed by atoms with Gasteiger partial charge >= 0.3 is 0 Å². The van der Waals surface area contributed by atoms with Gasteiger partial charge < -0.3 is 5.32 Å². The summed E-state index contributed by atoms with van der Waals surface area (Å²) in [5.74, 6) is -0.664. The van der Waals surface area contributed by atoms with E-state index in [2.05, 4.69) is 14.9 Å². The van der Waals surface area contributed by atoms with Gasteiger partial charge in [-0.15, -0.1) is 5.10 Å². The number of carbonyl (C=O) groups excluding carboxylic acids is 1. The molecule has 0 aliphatic carbocycles. The molecule has 1 heterocycles.